The van der Waals surface area contributed by atoms with E-state index in [0.29, 0.717) is 0 Å². The van der Waals surface area contributed by atoms with Crippen LogP contribution < -0.4 is 10.6 Å². The zero-order valence-corrected chi connectivity index (χ0v) is 13.0. The zero-order valence-electron chi connectivity index (χ0n) is 13.0. The minimum absolute atomic E-state index is 0.244. The third kappa shape index (κ3) is 11.3. The van der Waals surface area contributed by atoms with Crippen LogP contribution in [-0.4, -0.2) is 42.3 Å². The number of nitrogens with one attached hydrogen (secondary N) is 2. The predicted molar refractivity (Wildman–Crippen MR) is 73.1 cm³/mol. The monoisotopic (exact) mass is 288 g/mol. The highest BCUT2D eigenvalue weighted by Gasteiger charge is 2.18. The van der Waals surface area contributed by atoms with Gasteiger partial charge in [0, 0.05) is 0 Å². The molecule has 0 atom stereocenters. The van der Waals surface area contributed by atoms with Gasteiger partial charge in [0.25, 0.3) is 0 Å². The summed E-state index contributed by atoms with van der Waals surface area (Å²) in [4.78, 5) is 34.0. The van der Waals surface area contributed by atoms with E-state index in [9.17, 15) is 14.4 Å². The van der Waals surface area contributed by atoms with Crippen molar-refractivity contribution in [3.05, 3.63) is 0 Å². The molecule has 20 heavy (non-hydrogen) atoms. The lowest BCUT2D eigenvalue weighted by Gasteiger charge is -2.20. The number of rotatable bonds is 4. The quantitative estimate of drug-likeness (QED) is 0.752. The van der Waals surface area contributed by atoms with Gasteiger partial charge < -0.3 is 20.1 Å². The number of ether oxygens (including phenoxy) is 2. The number of esters is 1. The van der Waals surface area contributed by atoms with E-state index < -0.39 is 29.2 Å². The first-order valence-corrected chi connectivity index (χ1v) is 6.34. The molecule has 0 saturated heterocycles. The van der Waals surface area contributed by atoms with Gasteiger partial charge in [-0.05, 0) is 41.5 Å². The maximum atomic E-state index is 11.4. The van der Waals surface area contributed by atoms with Crippen LogP contribution in [0.25, 0.3) is 0 Å². The second-order valence-corrected chi connectivity index (χ2v) is 6.22. The van der Waals surface area contributed by atoms with Crippen molar-refractivity contribution < 1.29 is 23.9 Å². The Morgan fingerprint density at radius 2 is 1.30 bits per heavy atom. The molecule has 7 nitrogen and oxygen atoms in total. The molecule has 0 rings (SSSR count). The van der Waals surface area contributed by atoms with Gasteiger partial charge in [0.05, 0.1) is 0 Å². The summed E-state index contributed by atoms with van der Waals surface area (Å²) in [6, 6.07) is 0. The van der Waals surface area contributed by atoms with Gasteiger partial charge in [-0.2, -0.15) is 0 Å². The van der Waals surface area contributed by atoms with E-state index >= 15 is 0 Å². The van der Waals surface area contributed by atoms with Crippen LogP contribution >= 0.6 is 0 Å². The Labute approximate surface area is 119 Å². The summed E-state index contributed by atoms with van der Waals surface area (Å²) in [5, 5.41) is 4.63. The Morgan fingerprint density at radius 3 is 1.75 bits per heavy atom. The molecular weight excluding hydrogens is 264 g/mol. The van der Waals surface area contributed by atoms with Crippen LogP contribution in [0.3, 0.4) is 0 Å². The third-order valence-corrected chi connectivity index (χ3v) is 1.64. The van der Waals surface area contributed by atoms with Gasteiger partial charge in [0.2, 0.25) is 5.91 Å². The average Bonchev–Trinajstić information content (AvgIpc) is 2.18. The van der Waals surface area contributed by atoms with E-state index in [1.165, 1.54) is 0 Å². The predicted octanol–water partition coefficient (Wildman–Crippen LogP) is 0.969. The first-order chi connectivity index (χ1) is 8.89. The van der Waals surface area contributed by atoms with Crippen LogP contribution in [0.15, 0.2) is 0 Å². The number of carbonyl (C=O) groups excluding carboxylic acids is 3. The molecule has 116 valence electrons. The molecule has 0 aromatic rings. The van der Waals surface area contributed by atoms with Crippen molar-refractivity contribution in [2.75, 3.05) is 13.1 Å². The number of alkyl carbamates (subject to hydrolysis) is 1. The van der Waals surface area contributed by atoms with Crippen LogP contribution in [-0.2, 0) is 19.1 Å². The van der Waals surface area contributed by atoms with Crippen LogP contribution in [0.2, 0.25) is 0 Å². The van der Waals surface area contributed by atoms with E-state index in [1.807, 2.05) is 0 Å². The smallest absolute Gasteiger partial charge is 0.408 e. The largest absolute Gasteiger partial charge is 0.459 e. The molecule has 0 radical (unpaired) electrons. The number of hydrogen-bond acceptors (Lipinski definition) is 5. The normalized spacial score (nSPS) is 11.5. The first kappa shape index (κ1) is 18.2. The highest BCUT2D eigenvalue weighted by molar-refractivity contribution is 5.85. The molecule has 0 unspecified atom stereocenters. The van der Waals surface area contributed by atoms with Crippen LogP contribution in [0, 0.1) is 0 Å². The summed E-state index contributed by atoms with van der Waals surface area (Å²) in [6.45, 7) is 9.84. The van der Waals surface area contributed by atoms with Crippen LogP contribution in [0.5, 0.6) is 0 Å². The molecule has 0 aromatic heterocycles. The highest BCUT2D eigenvalue weighted by Crippen LogP contribution is 2.06. The molecule has 0 aromatic carbocycles. The molecule has 0 spiro atoms. The SMILES string of the molecule is CC(C)(C)OC(=O)CNC(=O)CNC(=O)OC(C)(C)C. The van der Waals surface area contributed by atoms with E-state index in [2.05, 4.69) is 10.6 Å². The summed E-state index contributed by atoms with van der Waals surface area (Å²) < 4.78 is 9.97. The molecule has 2 N–H and O–H groups in total. The first-order valence-electron chi connectivity index (χ1n) is 6.34. The van der Waals surface area contributed by atoms with Gasteiger partial charge in [0.15, 0.2) is 0 Å². The fourth-order valence-corrected chi connectivity index (χ4v) is 1.08. The molecule has 0 aliphatic rings. The Balaban J connectivity index is 3.91. The molecule has 7 heteroatoms. The van der Waals surface area contributed by atoms with Gasteiger partial charge in [-0.1, -0.05) is 0 Å². The van der Waals surface area contributed by atoms with Crippen molar-refractivity contribution in [1.29, 1.82) is 0 Å². The second kappa shape index (κ2) is 7.12. The Kier molecular flexibility index (Phi) is 6.48. The molecule has 0 aliphatic carbocycles. The summed E-state index contributed by atoms with van der Waals surface area (Å²) in [5.41, 5.74) is -1.23. The van der Waals surface area contributed by atoms with Gasteiger partial charge in [0.1, 0.15) is 24.3 Å². The minimum atomic E-state index is -0.690. The lowest BCUT2D eigenvalue weighted by molar-refractivity contribution is -0.154. The maximum Gasteiger partial charge on any atom is 0.408 e. The highest BCUT2D eigenvalue weighted by atomic mass is 16.6. The maximum absolute atomic E-state index is 11.4. The number of amides is 2. The van der Waals surface area contributed by atoms with E-state index in [4.69, 9.17) is 9.47 Å². The van der Waals surface area contributed by atoms with Crippen LogP contribution in [0.4, 0.5) is 4.79 Å². The Morgan fingerprint density at radius 1 is 0.800 bits per heavy atom. The fourth-order valence-electron chi connectivity index (χ4n) is 1.08. The van der Waals surface area contributed by atoms with Gasteiger partial charge in [-0.25, -0.2) is 4.79 Å². The molecule has 2 amide bonds. The number of carbonyl (C=O) groups is 3. The molecule has 0 fully saturated rings. The van der Waals surface area contributed by atoms with Crippen LogP contribution in [0.1, 0.15) is 41.5 Å². The molecule has 0 bridgehead atoms. The zero-order chi connectivity index (χ0) is 16.0. The topological polar surface area (TPSA) is 93.7 Å². The van der Waals surface area contributed by atoms with Crippen molar-refractivity contribution in [3.63, 3.8) is 0 Å². The third-order valence-electron chi connectivity index (χ3n) is 1.64. The Hall–Kier alpha value is -1.79. The summed E-state index contributed by atoms with van der Waals surface area (Å²) in [5.74, 6) is -1.04. The van der Waals surface area contributed by atoms with Gasteiger partial charge in [-0.3, -0.25) is 9.59 Å². The second-order valence-electron chi connectivity index (χ2n) is 6.22. The minimum Gasteiger partial charge on any atom is -0.459 e. The molecule has 0 heterocycles. The molecule has 0 aliphatic heterocycles. The molecule has 0 saturated carbocycles. The van der Waals surface area contributed by atoms with Crippen molar-refractivity contribution in [1.82, 2.24) is 10.6 Å². The van der Waals surface area contributed by atoms with E-state index in [0.717, 1.165) is 0 Å². The van der Waals surface area contributed by atoms with Crippen molar-refractivity contribution >= 4 is 18.0 Å². The Bertz CT molecular complexity index is 332. The summed E-state index contributed by atoms with van der Waals surface area (Å²) >= 11 is 0. The van der Waals surface area contributed by atoms with Crippen molar-refractivity contribution in [2.45, 2.75) is 52.7 Å². The van der Waals surface area contributed by atoms with Gasteiger partial charge >= 0.3 is 12.1 Å². The van der Waals surface area contributed by atoms with E-state index in [-0.39, 0.29) is 13.1 Å². The lowest BCUT2D eigenvalue weighted by atomic mass is 10.2. The van der Waals surface area contributed by atoms with E-state index in [1.54, 1.807) is 41.5 Å². The van der Waals surface area contributed by atoms with Crippen molar-refractivity contribution in [2.24, 2.45) is 0 Å². The number of hydrogen-bond donors (Lipinski definition) is 2. The summed E-state index contributed by atoms with van der Waals surface area (Å²) in [7, 11) is 0. The molecular formula is C13H24N2O5. The standard InChI is InChI=1S/C13H24N2O5/c1-12(2,3)19-10(17)8-14-9(16)7-15-11(18)20-13(4,5)6/h7-8H2,1-6H3,(H,14,16)(H,15,18). The van der Waals surface area contributed by atoms with Crippen molar-refractivity contribution in [3.8, 4) is 0 Å². The average molecular weight is 288 g/mol. The fraction of sp³-hybridized carbons (Fsp3) is 0.769. The summed E-state index contributed by atoms with van der Waals surface area (Å²) in [6.07, 6.45) is -0.690. The lowest BCUT2D eigenvalue weighted by Crippen LogP contribution is -2.42. The van der Waals surface area contributed by atoms with Gasteiger partial charge in [-0.15, -0.1) is 0 Å².